The van der Waals surface area contributed by atoms with Crippen LogP contribution in [0.15, 0.2) is 53.9 Å². The van der Waals surface area contributed by atoms with Crippen molar-refractivity contribution < 1.29 is 4.79 Å². The lowest BCUT2D eigenvalue weighted by Gasteiger charge is -2.12. The number of rotatable bonds is 4. The third-order valence-corrected chi connectivity index (χ3v) is 4.89. The van der Waals surface area contributed by atoms with Crippen LogP contribution in [-0.4, -0.2) is 20.5 Å². The molecule has 0 saturated carbocycles. The number of aromatic nitrogens is 2. The molecule has 1 atom stereocenters. The number of hydrogen-bond acceptors (Lipinski definition) is 3. The molecule has 7 heteroatoms. The van der Waals surface area contributed by atoms with E-state index in [2.05, 4.69) is 10.3 Å². The maximum absolute atomic E-state index is 12.4. The summed E-state index contributed by atoms with van der Waals surface area (Å²) in [7, 11) is 0. The zero-order valence-electron chi connectivity index (χ0n) is 12.2. The Labute approximate surface area is 147 Å². The second-order valence-corrected chi connectivity index (χ2v) is 7.06. The highest BCUT2D eigenvalue weighted by Gasteiger charge is 2.18. The van der Waals surface area contributed by atoms with Gasteiger partial charge in [0.15, 0.2) is 5.16 Å². The summed E-state index contributed by atoms with van der Waals surface area (Å²) in [5.41, 5.74) is 1.49. The van der Waals surface area contributed by atoms with Gasteiger partial charge in [0.25, 0.3) is 0 Å². The number of amides is 1. The first-order valence-electron chi connectivity index (χ1n) is 6.89. The lowest BCUT2D eigenvalue weighted by molar-refractivity contribution is -0.115. The molecule has 0 radical (unpaired) electrons. The molecule has 1 aromatic carbocycles. The van der Waals surface area contributed by atoms with E-state index in [0.717, 1.165) is 10.7 Å². The van der Waals surface area contributed by atoms with Gasteiger partial charge >= 0.3 is 0 Å². The van der Waals surface area contributed by atoms with Gasteiger partial charge in [-0.05, 0) is 37.3 Å². The van der Waals surface area contributed by atoms with Crippen LogP contribution < -0.4 is 5.32 Å². The number of nitrogens with one attached hydrogen (secondary N) is 1. The van der Waals surface area contributed by atoms with E-state index in [-0.39, 0.29) is 11.2 Å². The summed E-state index contributed by atoms with van der Waals surface area (Å²) in [4.78, 5) is 16.7. The van der Waals surface area contributed by atoms with Crippen LogP contribution in [0.4, 0.5) is 5.69 Å². The number of imidazole rings is 1. The summed E-state index contributed by atoms with van der Waals surface area (Å²) < 4.78 is 1.95. The van der Waals surface area contributed by atoms with Crippen LogP contribution in [0.5, 0.6) is 0 Å². The fourth-order valence-electron chi connectivity index (χ4n) is 2.05. The summed E-state index contributed by atoms with van der Waals surface area (Å²) in [5, 5.41) is 4.19. The van der Waals surface area contributed by atoms with Gasteiger partial charge in [0.1, 0.15) is 0 Å². The molecule has 4 nitrogen and oxygen atoms in total. The highest BCUT2D eigenvalue weighted by Crippen LogP contribution is 2.28. The maximum Gasteiger partial charge on any atom is 0.237 e. The molecule has 0 aliphatic rings. The number of fused-ring (bicyclic) bond motifs is 1. The zero-order chi connectivity index (χ0) is 16.4. The number of thioether (sulfide) groups is 1. The Balaban J connectivity index is 1.74. The van der Waals surface area contributed by atoms with E-state index in [9.17, 15) is 4.79 Å². The van der Waals surface area contributed by atoms with Gasteiger partial charge in [-0.3, -0.25) is 9.20 Å². The average Bonchev–Trinajstić information content (AvgIpc) is 2.94. The van der Waals surface area contributed by atoms with Crippen molar-refractivity contribution in [3.8, 4) is 0 Å². The van der Waals surface area contributed by atoms with Crippen molar-refractivity contribution >= 4 is 52.1 Å². The minimum absolute atomic E-state index is 0.160. The van der Waals surface area contributed by atoms with E-state index in [1.165, 1.54) is 11.8 Å². The second kappa shape index (κ2) is 6.83. The summed E-state index contributed by atoms with van der Waals surface area (Å²) >= 11 is 13.4. The summed E-state index contributed by atoms with van der Waals surface area (Å²) in [6.07, 6.45) is 3.70. The SMILES string of the molecule is CC(Sc1ncc2ccccn12)C(=O)Nc1cc(Cl)ccc1Cl. The molecule has 2 heterocycles. The number of halogens is 2. The van der Waals surface area contributed by atoms with E-state index in [4.69, 9.17) is 23.2 Å². The van der Waals surface area contributed by atoms with Crippen molar-refractivity contribution in [3.63, 3.8) is 0 Å². The Kier molecular flexibility index (Phi) is 4.80. The smallest absolute Gasteiger partial charge is 0.237 e. The normalized spacial score (nSPS) is 12.3. The minimum Gasteiger partial charge on any atom is -0.324 e. The van der Waals surface area contributed by atoms with Crippen molar-refractivity contribution in [2.24, 2.45) is 0 Å². The molecule has 2 aromatic heterocycles. The van der Waals surface area contributed by atoms with Crippen LogP contribution in [0.1, 0.15) is 6.92 Å². The molecule has 0 spiro atoms. The molecular weight excluding hydrogens is 353 g/mol. The second-order valence-electron chi connectivity index (χ2n) is 4.91. The number of benzene rings is 1. The molecule has 0 fully saturated rings. The highest BCUT2D eigenvalue weighted by atomic mass is 35.5. The Bertz CT molecular complexity index is 865. The fourth-order valence-corrected chi connectivity index (χ4v) is 3.26. The minimum atomic E-state index is -0.337. The van der Waals surface area contributed by atoms with E-state index in [1.807, 2.05) is 35.7 Å². The first kappa shape index (κ1) is 16.2. The highest BCUT2D eigenvalue weighted by molar-refractivity contribution is 8.00. The largest absolute Gasteiger partial charge is 0.324 e. The molecule has 23 heavy (non-hydrogen) atoms. The van der Waals surface area contributed by atoms with Crippen LogP contribution >= 0.6 is 35.0 Å². The molecule has 0 aliphatic carbocycles. The molecule has 1 unspecified atom stereocenters. The van der Waals surface area contributed by atoms with Gasteiger partial charge < -0.3 is 5.32 Å². The number of hydrogen-bond donors (Lipinski definition) is 1. The molecule has 3 aromatic rings. The van der Waals surface area contributed by atoms with Gasteiger partial charge in [-0.25, -0.2) is 4.98 Å². The number of carbonyl (C=O) groups is 1. The van der Waals surface area contributed by atoms with E-state index < -0.39 is 0 Å². The first-order chi connectivity index (χ1) is 11.0. The predicted molar refractivity (Wildman–Crippen MR) is 95.6 cm³/mol. The van der Waals surface area contributed by atoms with Gasteiger partial charge in [-0.1, -0.05) is 41.0 Å². The van der Waals surface area contributed by atoms with Gasteiger partial charge in [0, 0.05) is 11.2 Å². The van der Waals surface area contributed by atoms with E-state index in [0.29, 0.717) is 15.7 Å². The van der Waals surface area contributed by atoms with Crippen LogP contribution in [0.2, 0.25) is 10.0 Å². The fraction of sp³-hybridized carbons (Fsp3) is 0.125. The van der Waals surface area contributed by atoms with Gasteiger partial charge in [-0.15, -0.1) is 0 Å². The standard InChI is InChI=1S/C16H13Cl2N3OS/c1-10(15(22)20-14-8-11(17)5-6-13(14)18)23-16-19-9-12-4-2-3-7-21(12)16/h2-10H,1H3,(H,20,22). The molecule has 0 aliphatic heterocycles. The van der Waals surface area contributed by atoms with Gasteiger partial charge in [-0.2, -0.15) is 0 Å². The van der Waals surface area contributed by atoms with Crippen molar-refractivity contribution in [3.05, 3.63) is 58.8 Å². The summed E-state index contributed by atoms with van der Waals surface area (Å²) in [6, 6.07) is 10.8. The molecule has 118 valence electrons. The van der Waals surface area contributed by atoms with Crippen LogP contribution in [0.3, 0.4) is 0 Å². The topological polar surface area (TPSA) is 46.4 Å². The molecule has 0 saturated heterocycles. The quantitative estimate of drug-likeness (QED) is 0.677. The van der Waals surface area contributed by atoms with Crippen molar-refractivity contribution in [1.82, 2.24) is 9.38 Å². The van der Waals surface area contributed by atoms with E-state index >= 15 is 0 Å². The van der Waals surface area contributed by atoms with Gasteiger partial charge in [0.2, 0.25) is 5.91 Å². The predicted octanol–water partition coefficient (Wildman–Crippen LogP) is 4.76. The number of pyridine rings is 1. The third-order valence-electron chi connectivity index (χ3n) is 3.24. The number of carbonyl (C=O) groups excluding carboxylic acids is 1. The lowest BCUT2D eigenvalue weighted by atomic mass is 10.3. The van der Waals surface area contributed by atoms with Crippen LogP contribution in [-0.2, 0) is 4.79 Å². The Hall–Kier alpha value is -1.69. The van der Waals surface area contributed by atoms with Crippen molar-refractivity contribution in [2.75, 3.05) is 5.32 Å². The van der Waals surface area contributed by atoms with E-state index in [1.54, 1.807) is 24.4 Å². The molecular formula is C16H13Cl2N3OS. The maximum atomic E-state index is 12.4. The van der Waals surface area contributed by atoms with Crippen molar-refractivity contribution in [2.45, 2.75) is 17.3 Å². The van der Waals surface area contributed by atoms with Crippen molar-refractivity contribution in [1.29, 1.82) is 0 Å². The summed E-state index contributed by atoms with van der Waals surface area (Å²) in [6.45, 7) is 1.82. The lowest BCUT2D eigenvalue weighted by Crippen LogP contribution is -2.22. The van der Waals surface area contributed by atoms with Crippen LogP contribution in [0.25, 0.3) is 5.52 Å². The molecule has 3 rings (SSSR count). The molecule has 0 bridgehead atoms. The zero-order valence-corrected chi connectivity index (χ0v) is 14.5. The monoisotopic (exact) mass is 365 g/mol. The third kappa shape index (κ3) is 3.63. The first-order valence-corrected chi connectivity index (χ1v) is 8.53. The number of nitrogens with zero attached hydrogens (tertiary/aromatic N) is 2. The number of anilines is 1. The van der Waals surface area contributed by atoms with Crippen LogP contribution in [0, 0.1) is 0 Å². The molecule has 1 N–H and O–H groups in total. The summed E-state index contributed by atoms with van der Waals surface area (Å²) in [5.74, 6) is -0.160. The Morgan fingerprint density at radius 2 is 2.13 bits per heavy atom. The molecule has 1 amide bonds. The Morgan fingerprint density at radius 3 is 2.96 bits per heavy atom. The Morgan fingerprint density at radius 1 is 1.30 bits per heavy atom. The van der Waals surface area contributed by atoms with Gasteiger partial charge in [0.05, 0.1) is 27.7 Å². The average molecular weight is 366 g/mol.